The minimum Gasteiger partial charge on any atom is -0.451 e. The molecular formula is C20H26N2O4. The van der Waals surface area contributed by atoms with Crippen LogP contribution in [0.15, 0.2) is 39.5 Å². The summed E-state index contributed by atoms with van der Waals surface area (Å²) in [7, 11) is 0. The Hall–Kier alpha value is -2.18. The zero-order valence-corrected chi connectivity index (χ0v) is 15.7. The van der Waals surface area contributed by atoms with Gasteiger partial charge >= 0.3 is 0 Å². The number of ether oxygens (including phenoxy) is 1. The molecule has 1 N–H and O–H groups in total. The first kappa shape index (κ1) is 18.6. The molecule has 26 heavy (non-hydrogen) atoms. The second-order valence-corrected chi connectivity index (χ2v) is 7.63. The van der Waals surface area contributed by atoms with Gasteiger partial charge < -0.3 is 14.5 Å². The molecule has 1 aromatic carbocycles. The zero-order chi connectivity index (χ0) is 18.9. The normalized spacial score (nSPS) is 21.7. The number of nitrogens with zero attached hydrogens (tertiary/aromatic N) is 1. The summed E-state index contributed by atoms with van der Waals surface area (Å²) in [5.74, 6) is -0.344. The van der Waals surface area contributed by atoms with E-state index in [1.54, 1.807) is 24.3 Å². The smallest absolute Gasteiger partial charge is 0.287 e. The summed E-state index contributed by atoms with van der Waals surface area (Å²) in [6.07, 6.45) is 0.319. The Morgan fingerprint density at radius 2 is 1.88 bits per heavy atom. The SMILES string of the molecule is CC1CN(C(C)(C)CNC(=O)c2cc(=O)c3ccccc3o2)CC(C)O1. The van der Waals surface area contributed by atoms with E-state index >= 15 is 0 Å². The standard InChI is InChI=1S/C20H26N2O4/c1-13-10-22(11-14(2)25-13)20(3,4)12-21-19(24)18-9-16(23)15-7-5-6-8-17(15)26-18/h5-9,13-14H,10-12H2,1-4H3,(H,21,24). The van der Waals surface area contributed by atoms with Crippen LogP contribution >= 0.6 is 0 Å². The van der Waals surface area contributed by atoms with E-state index in [-0.39, 0.29) is 34.8 Å². The molecule has 1 aliphatic heterocycles. The topological polar surface area (TPSA) is 71.8 Å². The molecule has 2 atom stereocenters. The van der Waals surface area contributed by atoms with E-state index in [4.69, 9.17) is 9.15 Å². The van der Waals surface area contributed by atoms with Crippen LogP contribution in [-0.2, 0) is 4.74 Å². The summed E-state index contributed by atoms with van der Waals surface area (Å²) in [5, 5.41) is 3.38. The van der Waals surface area contributed by atoms with Crippen molar-refractivity contribution in [1.29, 1.82) is 0 Å². The van der Waals surface area contributed by atoms with Crippen LogP contribution in [0.3, 0.4) is 0 Å². The van der Waals surface area contributed by atoms with Crippen LogP contribution in [0, 0.1) is 0 Å². The van der Waals surface area contributed by atoms with E-state index in [1.165, 1.54) is 6.07 Å². The third kappa shape index (κ3) is 3.97. The molecule has 1 aliphatic rings. The van der Waals surface area contributed by atoms with Gasteiger partial charge in [0.25, 0.3) is 5.91 Å². The molecule has 0 aliphatic carbocycles. The number of benzene rings is 1. The highest BCUT2D eigenvalue weighted by Crippen LogP contribution is 2.21. The molecule has 0 radical (unpaired) electrons. The molecule has 0 saturated carbocycles. The second-order valence-electron chi connectivity index (χ2n) is 7.63. The van der Waals surface area contributed by atoms with Gasteiger partial charge in [-0.1, -0.05) is 12.1 Å². The van der Waals surface area contributed by atoms with E-state index in [0.29, 0.717) is 17.5 Å². The molecule has 2 aromatic rings. The van der Waals surface area contributed by atoms with Gasteiger partial charge in [-0.3, -0.25) is 14.5 Å². The Morgan fingerprint density at radius 3 is 2.58 bits per heavy atom. The molecule has 1 aromatic heterocycles. The van der Waals surface area contributed by atoms with E-state index < -0.39 is 0 Å². The van der Waals surface area contributed by atoms with Gasteiger partial charge in [-0.05, 0) is 39.8 Å². The predicted molar refractivity (Wildman–Crippen MR) is 100 cm³/mol. The van der Waals surface area contributed by atoms with Crippen molar-refractivity contribution in [2.24, 2.45) is 0 Å². The first-order valence-electron chi connectivity index (χ1n) is 8.98. The number of nitrogens with one attached hydrogen (secondary N) is 1. The Bertz CT molecular complexity index is 848. The predicted octanol–water partition coefficient (Wildman–Crippen LogP) is 2.41. The van der Waals surface area contributed by atoms with E-state index in [2.05, 4.69) is 37.9 Å². The molecule has 0 bridgehead atoms. The Balaban J connectivity index is 1.71. The average molecular weight is 358 g/mol. The first-order valence-corrected chi connectivity index (χ1v) is 8.98. The number of amides is 1. The summed E-state index contributed by atoms with van der Waals surface area (Å²) in [6.45, 7) is 10.4. The molecule has 0 spiro atoms. The summed E-state index contributed by atoms with van der Waals surface area (Å²) >= 11 is 0. The van der Waals surface area contributed by atoms with Crippen molar-refractivity contribution in [2.75, 3.05) is 19.6 Å². The lowest BCUT2D eigenvalue weighted by molar-refractivity contribution is -0.0948. The summed E-state index contributed by atoms with van der Waals surface area (Å²) < 4.78 is 11.4. The van der Waals surface area contributed by atoms with Gasteiger partial charge in [0.1, 0.15) is 5.58 Å². The number of hydrogen-bond acceptors (Lipinski definition) is 5. The number of fused-ring (bicyclic) bond motifs is 1. The lowest BCUT2D eigenvalue weighted by atomic mass is 10.00. The number of morpholine rings is 1. The number of carbonyl (C=O) groups is 1. The zero-order valence-electron chi connectivity index (χ0n) is 15.7. The van der Waals surface area contributed by atoms with Crippen molar-refractivity contribution in [3.63, 3.8) is 0 Å². The van der Waals surface area contributed by atoms with E-state index in [1.807, 2.05) is 0 Å². The third-order valence-corrected chi connectivity index (χ3v) is 4.82. The van der Waals surface area contributed by atoms with Crippen molar-refractivity contribution in [1.82, 2.24) is 10.2 Å². The Labute approximate surface area is 153 Å². The molecule has 2 heterocycles. The average Bonchev–Trinajstić information content (AvgIpc) is 2.59. The molecule has 6 nitrogen and oxygen atoms in total. The Kier molecular flexibility index (Phi) is 5.16. The molecule has 6 heteroatoms. The molecule has 1 amide bonds. The van der Waals surface area contributed by atoms with Crippen LogP contribution in [-0.4, -0.2) is 48.2 Å². The van der Waals surface area contributed by atoms with Crippen LogP contribution < -0.4 is 10.7 Å². The van der Waals surface area contributed by atoms with Gasteiger partial charge in [0, 0.05) is 31.2 Å². The van der Waals surface area contributed by atoms with Crippen molar-refractivity contribution in [3.05, 3.63) is 46.3 Å². The van der Waals surface area contributed by atoms with Crippen LogP contribution in [0.1, 0.15) is 38.2 Å². The maximum atomic E-state index is 12.5. The highest BCUT2D eigenvalue weighted by Gasteiger charge is 2.33. The van der Waals surface area contributed by atoms with Crippen LogP contribution in [0.5, 0.6) is 0 Å². The van der Waals surface area contributed by atoms with Gasteiger partial charge in [0.2, 0.25) is 0 Å². The minimum atomic E-state index is -0.379. The van der Waals surface area contributed by atoms with Crippen LogP contribution in [0.25, 0.3) is 11.0 Å². The monoisotopic (exact) mass is 358 g/mol. The van der Waals surface area contributed by atoms with Crippen molar-refractivity contribution in [3.8, 4) is 0 Å². The summed E-state index contributed by atoms with van der Waals surface area (Å²) in [5.41, 5.74) is -0.0358. The number of hydrogen-bond donors (Lipinski definition) is 1. The lowest BCUT2D eigenvalue weighted by Crippen LogP contribution is -2.58. The van der Waals surface area contributed by atoms with Crippen molar-refractivity contribution < 1.29 is 13.9 Å². The molecule has 2 unspecified atom stereocenters. The highest BCUT2D eigenvalue weighted by atomic mass is 16.5. The molecule has 1 saturated heterocycles. The molecule has 140 valence electrons. The maximum absolute atomic E-state index is 12.5. The number of para-hydroxylation sites is 1. The fourth-order valence-electron chi connectivity index (χ4n) is 3.38. The van der Waals surface area contributed by atoms with Gasteiger partial charge in [0.05, 0.1) is 17.6 Å². The largest absolute Gasteiger partial charge is 0.451 e. The number of carbonyl (C=O) groups excluding carboxylic acids is 1. The van der Waals surface area contributed by atoms with Gasteiger partial charge in [-0.25, -0.2) is 0 Å². The fraction of sp³-hybridized carbons (Fsp3) is 0.500. The lowest BCUT2D eigenvalue weighted by Gasteiger charge is -2.45. The van der Waals surface area contributed by atoms with Gasteiger partial charge in [0.15, 0.2) is 11.2 Å². The molecule has 1 fully saturated rings. The van der Waals surface area contributed by atoms with E-state index in [0.717, 1.165) is 13.1 Å². The quantitative estimate of drug-likeness (QED) is 0.909. The fourth-order valence-corrected chi connectivity index (χ4v) is 3.38. The number of rotatable bonds is 4. The Morgan fingerprint density at radius 1 is 1.23 bits per heavy atom. The van der Waals surface area contributed by atoms with Crippen molar-refractivity contribution >= 4 is 16.9 Å². The van der Waals surface area contributed by atoms with E-state index in [9.17, 15) is 9.59 Å². The summed E-state index contributed by atoms with van der Waals surface area (Å²) in [4.78, 5) is 27.0. The van der Waals surface area contributed by atoms with Crippen LogP contribution in [0.2, 0.25) is 0 Å². The van der Waals surface area contributed by atoms with Crippen LogP contribution in [0.4, 0.5) is 0 Å². The van der Waals surface area contributed by atoms with Gasteiger partial charge in [-0.15, -0.1) is 0 Å². The minimum absolute atomic E-state index is 0.0354. The molecular weight excluding hydrogens is 332 g/mol. The highest BCUT2D eigenvalue weighted by molar-refractivity contribution is 5.93. The maximum Gasteiger partial charge on any atom is 0.287 e. The van der Waals surface area contributed by atoms with Gasteiger partial charge in [-0.2, -0.15) is 0 Å². The second kappa shape index (κ2) is 7.21. The third-order valence-electron chi connectivity index (χ3n) is 4.82. The summed E-state index contributed by atoms with van der Waals surface area (Å²) in [6, 6.07) is 8.17. The molecule has 3 rings (SSSR count). The van der Waals surface area contributed by atoms with Crippen molar-refractivity contribution in [2.45, 2.75) is 45.4 Å². The first-order chi connectivity index (χ1) is 12.3.